The third kappa shape index (κ3) is 2.15. The number of hydrogen-bond donors (Lipinski definition) is 3. The van der Waals surface area contributed by atoms with E-state index in [2.05, 4.69) is 0 Å². The van der Waals surface area contributed by atoms with Crippen molar-refractivity contribution in [1.29, 1.82) is 0 Å². The second-order valence-electron chi connectivity index (χ2n) is 12.2. The lowest BCUT2D eigenvalue weighted by Crippen LogP contribution is -2.51. The van der Waals surface area contributed by atoms with E-state index in [1.165, 1.54) is 6.08 Å². The fourth-order valence-electron chi connectivity index (χ4n) is 9.76. The topological polar surface area (TPSA) is 112 Å². The van der Waals surface area contributed by atoms with Crippen LogP contribution in [0.4, 0.5) is 13.2 Å². The van der Waals surface area contributed by atoms with Gasteiger partial charge < -0.3 is 15.3 Å². The van der Waals surface area contributed by atoms with E-state index in [0.29, 0.717) is 12.8 Å². The first-order chi connectivity index (χ1) is 16.1. The molecule has 0 aromatic heterocycles. The molecular formula is C26H27F3O6. The summed E-state index contributed by atoms with van der Waals surface area (Å²) < 4.78 is 42.9. The number of rotatable bonds is 5. The van der Waals surface area contributed by atoms with E-state index in [0.717, 1.165) is 0 Å². The van der Waals surface area contributed by atoms with Crippen LogP contribution in [0.5, 0.6) is 0 Å². The van der Waals surface area contributed by atoms with Crippen molar-refractivity contribution in [3.05, 3.63) is 36.5 Å². The number of alkyl halides is 3. The fourth-order valence-corrected chi connectivity index (χ4v) is 9.76. The highest BCUT2D eigenvalue weighted by Gasteiger charge is 2.81. The Morgan fingerprint density at radius 1 is 0.829 bits per heavy atom. The standard InChI is InChI=1S/C26H27F3O6/c1-20(18(32)33)8-14-2-5-24(20,9-14)22-6-7-23(12-22,16(11-22)17(30)31)21-4-3-15(10-21)25(13-21,19(34)35)26(27,28)29/h2-7,14-16H,8-13H2,1H3,(H,30,31)(H,32,33)(H,34,35). The highest BCUT2D eigenvalue weighted by atomic mass is 19.4. The Bertz CT molecular complexity index is 1170. The third-order valence-electron chi connectivity index (χ3n) is 11.3. The Labute approximate surface area is 199 Å². The van der Waals surface area contributed by atoms with Gasteiger partial charge >= 0.3 is 24.1 Å². The monoisotopic (exact) mass is 492 g/mol. The molecule has 6 aliphatic carbocycles. The average Bonchev–Trinajstić information content (AvgIpc) is 3.58. The Hall–Kier alpha value is -2.58. The molecule has 9 unspecified atom stereocenters. The molecular weight excluding hydrogens is 465 g/mol. The van der Waals surface area contributed by atoms with Crippen molar-refractivity contribution in [3.8, 4) is 0 Å². The maximum atomic E-state index is 14.3. The molecule has 3 saturated carbocycles. The summed E-state index contributed by atoms with van der Waals surface area (Å²) in [6.07, 6.45) is 6.07. The van der Waals surface area contributed by atoms with Crippen LogP contribution in [0.2, 0.25) is 0 Å². The van der Waals surface area contributed by atoms with Crippen molar-refractivity contribution in [2.45, 2.75) is 51.6 Å². The number of allylic oxidation sites excluding steroid dienone is 6. The van der Waals surface area contributed by atoms with Gasteiger partial charge in [-0.25, -0.2) is 0 Å². The van der Waals surface area contributed by atoms with Crippen molar-refractivity contribution in [2.24, 2.45) is 50.2 Å². The maximum Gasteiger partial charge on any atom is 0.405 e. The number of carboxylic acids is 3. The fraction of sp³-hybridized carbons (Fsp3) is 0.654. The minimum Gasteiger partial charge on any atom is -0.481 e. The first-order valence-corrected chi connectivity index (χ1v) is 12.0. The number of fused-ring (bicyclic) bond motifs is 8. The van der Waals surface area contributed by atoms with Crippen LogP contribution in [-0.2, 0) is 14.4 Å². The highest BCUT2D eigenvalue weighted by Crippen LogP contribution is 2.83. The molecule has 0 aliphatic heterocycles. The zero-order valence-electron chi connectivity index (χ0n) is 19.1. The third-order valence-corrected chi connectivity index (χ3v) is 11.3. The smallest absolute Gasteiger partial charge is 0.405 e. The largest absolute Gasteiger partial charge is 0.481 e. The number of aliphatic carboxylic acids is 3. The van der Waals surface area contributed by atoms with Crippen LogP contribution in [0, 0.1) is 50.2 Å². The molecule has 0 radical (unpaired) electrons. The molecule has 9 heteroatoms. The summed E-state index contributed by atoms with van der Waals surface area (Å²) >= 11 is 0. The first kappa shape index (κ1) is 22.9. The molecule has 6 bridgehead atoms. The molecule has 0 amide bonds. The summed E-state index contributed by atoms with van der Waals surface area (Å²) in [4.78, 5) is 37.3. The second-order valence-corrected chi connectivity index (χ2v) is 12.2. The van der Waals surface area contributed by atoms with Crippen LogP contribution in [-0.4, -0.2) is 39.4 Å². The molecule has 6 aliphatic rings. The predicted octanol–water partition coefficient (Wildman–Crippen LogP) is 4.68. The van der Waals surface area contributed by atoms with Gasteiger partial charge in [0.15, 0.2) is 5.41 Å². The molecule has 0 heterocycles. The minimum atomic E-state index is -4.99. The SMILES string of the molecule is CC1(C(=O)O)CC2C=CC1(C13C=CC(C45C=CC(C4)C(C(=O)O)(C(F)(F)F)C5)(C1)C(C(=O)O)C3)C2. The lowest BCUT2D eigenvalue weighted by molar-refractivity contribution is -0.240. The van der Waals surface area contributed by atoms with Crippen molar-refractivity contribution in [2.75, 3.05) is 0 Å². The van der Waals surface area contributed by atoms with Crippen LogP contribution >= 0.6 is 0 Å². The van der Waals surface area contributed by atoms with E-state index in [1.807, 2.05) is 18.2 Å². The summed E-state index contributed by atoms with van der Waals surface area (Å²) in [6, 6.07) is 0. The van der Waals surface area contributed by atoms with Crippen molar-refractivity contribution in [3.63, 3.8) is 0 Å². The number of halogens is 3. The van der Waals surface area contributed by atoms with E-state index < -0.39 is 74.8 Å². The Morgan fingerprint density at radius 2 is 1.54 bits per heavy atom. The molecule has 6 nitrogen and oxygen atoms in total. The van der Waals surface area contributed by atoms with E-state index in [9.17, 15) is 42.9 Å². The van der Waals surface area contributed by atoms with Crippen LogP contribution in [0.3, 0.4) is 0 Å². The normalized spacial score (nSPS) is 52.6. The van der Waals surface area contributed by atoms with Gasteiger partial charge in [-0.1, -0.05) is 36.5 Å². The Kier molecular flexibility index (Phi) is 3.94. The van der Waals surface area contributed by atoms with Crippen LogP contribution < -0.4 is 0 Å². The summed E-state index contributed by atoms with van der Waals surface area (Å²) in [5.41, 5.74) is -8.25. The van der Waals surface area contributed by atoms with Crippen molar-refractivity contribution < 1.29 is 42.9 Å². The van der Waals surface area contributed by atoms with Crippen LogP contribution in [0.15, 0.2) is 36.5 Å². The number of carboxylic acid groups (broad SMARTS) is 3. The predicted molar refractivity (Wildman–Crippen MR) is 115 cm³/mol. The second kappa shape index (κ2) is 6.03. The van der Waals surface area contributed by atoms with Crippen molar-refractivity contribution in [1.82, 2.24) is 0 Å². The summed E-state index contributed by atoms with van der Waals surface area (Å²) in [6.45, 7) is 1.70. The quantitative estimate of drug-likeness (QED) is 0.481. The Morgan fingerprint density at radius 3 is 2.09 bits per heavy atom. The molecule has 3 fully saturated rings. The maximum absolute atomic E-state index is 14.3. The number of hydrogen-bond acceptors (Lipinski definition) is 3. The van der Waals surface area contributed by atoms with Gasteiger partial charge in [0, 0.05) is 27.6 Å². The Balaban J connectivity index is 1.50. The van der Waals surface area contributed by atoms with Crippen molar-refractivity contribution >= 4 is 17.9 Å². The van der Waals surface area contributed by atoms with E-state index in [4.69, 9.17) is 0 Å². The molecule has 0 spiro atoms. The van der Waals surface area contributed by atoms with Gasteiger partial charge in [-0.3, -0.25) is 14.4 Å². The van der Waals surface area contributed by atoms with E-state index in [-0.39, 0.29) is 25.2 Å². The minimum absolute atomic E-state index is 0.0584. The molecule has 6 rings (SSSR count). The molecule has 0 aromatic rings. The van der Waals surface area contributed by atoms with Crippen LogP contribution in [0.1, 0.15) is 45.4 Å². The molecule has 0 saturated heterocycles. The van der Waals surface area contributed by atoms with Gasteiger partial charge in [0.25, 0.3) is 0 Å². The average molecular weight is 492 g/mol. The first-order valence-electron chi connectivity index (χ1n) is 12.0. The molecule has 188 valence electrons. The molecule has 0 aromatic carbocycles. The lowest BCUT2D eigenvalue weighted by atomic mass is 9.51. The zero-order valence-corrected chi connectivity index (χ0v) is 19.1. The van der Waals surface area contributed by atoms with Gasteiger partial charge in [-0.05, 0) is 51.4 Å². The lowest BCUT2D eigenvalue weighted by Gasteiger charge is -2.50. The van der Waals surface area contributed by atoms with E-state index in [1.54, 1.807) is 19.1 Å². The molecule has 35 heavy (non-hydrogen) atoms. The summed E-state index contributed by atoms with van der Waals surface area (Å²) in [5, 5.41) is 30.4. The van der Waals surface area contributed by atoms with Gasteiger partial charge in [0.1, 0.15) is 0 Å². The molecule has 9 atom stereocenters. The summed E-state index contributed by atoms with van der Waals surface area (Å²) in [5.74, 6) is -6.25. The van der Waals surface area contributed by atoms with Gasteiger partial charge in [-0.2, -0.15) is 13.2 Å². The highest BCUT2D eigenvalue weighted by molar-refractivity contribution is 5.80. The van der Waals surface area contributed by atoms with Crippen LogP contribution in [0.25, 0.3) is 0 Å². The van der Waals surface area contributed by atoms with Gasteiger partial charge in [-0.15, -0.1) is 0 Å². The van der Waals surface area contributed by atoms with Gasteiger partial charge in [0.05, 0.1) is 11.3 Å². The van der Waals surface area contributed by atoms with E-state index >= 15 is 0 Å². The molecule has 3 N–H and O–H groups in total. The number of carbonyl (C=O) groups is 3. The summed E-state index contributed by atoms with van der Waals surface area (Å²) in [7, 11) is 0. The zero-order chi connectivity index (χ0) is 25.4. The van der Waals surface area contributed by atoms with Gasteiger partial charge in [0.2, 0.25) is 0 Å².